The van der Waals surface area contributed by atoms with E-state index in [1.807, 2.05) is 0 Å². The van der Waals surface area contributed by atoms with Crippen molar-refractivity contribution in [2.24, 2.45) is 35.5 Å². The van der Waals surface area contributed by atoms with Crippen molar-refractivity contribution >= 4 is 10.3 Å². The van der Waals surface area contributed by atoms with Crippen molar-refractivity contribution in [1.82, 2.24) is 20.3 Å². The first-order valence-electron chi connectivity index (χ1n) is 16.4. The molecule has 9 bridgehead atoms. The monoisotopic (exact) mass is 566 g/mol. The number of nitrogens with zero attached hydrogens (tertiary/aromatic N) is 2. The minimum atomic E-state index is -3.70. The van der Waals surface area contributed by atoms with Gasteiger partial charge in [-0.3, -0.25) is 4.18 Å². The van der Waals surface area contributed by atoms with Crippen LogP contribution in [0.3, 0.4) is 0 Å². The smallest absolute Gasteiger partial charge is 0.338 e. The third-order valence-corrected chi connectivity index (χ3v) is 13.4. The van der Waals surface area contributed by atoms with E-state index in [0.717, 1.165) is 51.2 Å². The second-order valence-corrected chi connectivity index (χ2v) is 15.7. The predicted octanol–water partition coefficient (Wildman–Crippen LogP) is 4.63. The van der Waals surface area contributed by atoms with E-state index in [1.54, 1.807) is 4.31 Å². The van der Waals surface area contributed by atoms with Gasteiger partial charge in [-0.05, 0) is 94.3 Å². The van der Waals surface area contributed by atoms with E-state index >= 15 is 0 Å². The molecule has 7 fully saturated rings. The summed E-state index contributed by atoms with van der Waals surface area (Å²) in [6.45, 7) is 9.52. The molecule has 0 spiro atoms. The summed E-state index contributed by atoms with van der Waals surface area (Å²) in [5.41, 5.74) is 7.21. The van der Waals surface area contributed by atoms with Crippen LogP contribution in [-0.4, -0.2) is 67.8 Å². The molecule has 0 aromatic rings. The highest BCUT2D eigenvalue weighted by Gasteiger charge is 2.48. The van der Waals surface area contributed by atoms with Crippen molar-refractivity contribution in [3.05, 3.63) is 0 Å². The van der Waals surface area contributed by atoms with Crippen LogP contribution in [0.4, 0.5) is 0 Å². The summed E-state index contributed by atoms with van der Waals surface area (Å²) in [6.07, 6.45) is 15.0. The molecule has 0 aromatic heterocycles. The molecule has 3 aliphatic carbocycles. The highest BCUT2D eigenvalue weighted by molar-refractivity contribution is 7.84. The fourth-order valence-electron chi connectivity index (χ4n) is 9.37. The Morgan fingerprint density at radius 1 is 0.846 bits per heavy atom. The van der Waals surface area contributed by atoms with Gasteiger partial charge in [0.25, 0.3) is 0 Å². The fraction of sp³-hybridized carbons (Fsp3) is 1.00. The standard InChI is InChI=1S/C30H54N4O4S/c1-20-8-9-23-16-24-10-12-28-30(21(24)2)31-32-33(28)14-6-4-5-7-15-37-26-11-13-29-25(18-26)19-34(39(35,36)38-29)22(3)27(20)17-23/h20-32H,4-19H2,1-3H3/t20?,21?,22-,23?,24?,25?,26?,27?,28?,29?,30?/m1/s1. The molecule has 13 atom stereocenters. The zero-order valence-electron chi connectivity index (χ0n) is 24.6. The first kappa shape index (κ1) is 28.8. The number of hydrogen-bond donors (Lipinski definition) is 2. The van der Waals surface area contributed by atoms with E-state index in [4.69, 9.17) is 8.92 Å². The fourth-order valence-corrected chi connectivity index (χ4v) is 11.0. The normalized spacial score (nSPS) is 51.1. The maximum Gasteiger partial charge on any atom is 0.338 e. The lowest BCUT2D eigenvalue weighted by molar-refractivity contribution is -0.0496. The third-order valence-electron chi connectivity index (χ3n) is 11.9. The molecule has 4 saturated heterocycles. The Bertz CT molecular complexity index is 936. The number of fused-ring (bicyclic) bond motifs is 7. The van der Waals surface area contributed by atoms with Crippen molar-refractivity contribution in [3.8, 4) is 0 Å². The number of rotatable bonds is 0. The molecule has 8 nitrogen and oxygen atoms in total. The molecule has 0 aromatic carbocycles. The van der Waals surface area contributed by atoms with E-state index in [1.165, 1.54) is 51.4 Å². The van der Waals surface area contributed by atoms with Crippen molar-refractivity contribution in [1.29, 1.82) is 0 Å². The summed E-state index contributed by atoms with van der Waals surface area (Å²) in [4.78, 5) is 0. The van der Waals surface area contributed by atoms with Gasteiger partial charge in [0.05, 0.1) is 12.2 Å². The molecule has 0 amide bonds. The number of ether oxygens (including phenoxy) is 1. The van der Waals surface area contributed by atoms with E-state index in [2.05, 4.69) is 36.7 Å². The van der Waals surface area contributed by atoms with Crippen LogP contribution >= 0.6 is 0 Å². The molecule has 7 aliphatic rings. The van der Waals surface area contributed by atoms with E-state index in [-0.39, 0.29) is 24.2 Å². The summed E-state index contributed by atoms with van der Waals surface area (Å²) in [6, 6.07) is 1.11. The minimum absolute atomic E-state index is 0.0182. The van der Waals surface area contributed by atoms with E-state index < -0.39 is 10.3 Å². The first-order valence-corrected chi connectivity index (χ1v) is 17.8. The Morgan fingerprint density at radius 3 is 2.56 bits per heavy atom. The van der Waals surface area contributed by atoms with Gasteiger partial charge in [0.1, 0.15) is 0 Å². The predicted molar refractivity (Wildman–Crippen MR) is 153 cm³/mol. The maximum absolute atomic E-state index is 13.4. The average Bonchev–Trinajstić information content (AvgIpc) is 3.33. The van der Waals surface area contributed by atoms with Gasteiger partial charge in [-0.15, -0.1) is 0 Å². The van der Waals surface area contributed by atoms with Crippen molar-refractivity contribution in [2.45, 2.75) is 135 Å². The second kappa shape index (κ2) is 12.1. The lowest BCUT2D eigenvalue weighted by Gasteiger charge is -2.48. The lowest BCUT2D eigenvalue weighted by Crippen LogP contribution is -2.56. The summed E-state index contributed by atoms with van der Waals surface area (Å²) < 4.78 is 40.7. The molecule has 3 saturated carbocycles. The Labute approximate surface area is 237 Å². The summed E-state index contributed by atoms with van der Waals surface area (Å²) >= 11 is 0. The van der Waals surface area contributed by atoms with Crippen molar-refractivity contribution in [2.75, 3.05) is 19.7 Å². The Balaban J connectivity index is 1.19. The molecular weight excluding hydrogens is 512 g/mol. The zero-order valence-corrected chi connectivity index (χ0v) is 25.4. The maximum atomic E-state index is 13.4. The van der Waals surface area contributed by atoms with Gasteiger partial charge in [0.2, 0.25) is 0 Å². The van der Waals surface area contributed by atoms with Gasteiger partial charge in [0, 0.05) is 43.7 Å². The Morgan fingerprint density at radius 2 is 1.69 bits per heavy atom. The van der Waals surface area contributed by atoms with Gasteiger partial charge in [-0.1, -0.05) is 39.5 Å². The molecule has 224 valence electrons. The molecular formula is C30H54N4O4S. The molecule has 2 N–H and O–H groups in total. The highest BCUT2D eigenvalue weighted by atomic mass is 32.2. The Hall–Kier alpha value is -0.290. The zero-order chi connectivity index (χ0) is 27.1. The van der Waals surface area contributed by atoms with E-state index in [0.29, 0.717) is 42.3 Å². The van der Waals surface area contributed by atoms with Crippen LogP contribution in [0.5, 0.6) is 0 Å². The van der Waals surface area contributed by atoms with Gasteiger partial charge in [-0.2, -0.15) is 18.3 Å². The topological polar surface area (TPSA) is 83.1 Å². The van der Waals surface area contributed by atoms with Crippen LogP contribution in [0.15, 0.2) is 0 Å². The molecule has 0 radical (unpaired) electrons. The van der Waals surface area contributed by atoms with Crippen molar-refractivity contribution < 1.29 is 17.3 Å². The Kier molecular flexibility index (Phi) is 8.97. The number of hydrogen-bond acceptors (Lipinski definition) is 7. The van der Waals surface area contributed by atoms with Crippen LogP contribution in [-0.2, 0) is 19.2 Å². The summed E-state index contributed by atoms with van der Waals surface area (Å²) in [5.74, 6) is 3.26. The van der Waals surface area contributed by atoms with Crippen LogP contribution in [0.1, 0.15) is 104 Å². The molecule has 39 heavy (non-hydrogen) atoms. The first-order chi connectivity index (χ1) is 18.8. The molecule has 9 heteroatoms. The van der Waals surface area contributed by atoms with Crippen LogP contribution in [0.2, 0.25) is 0 Å². The van der Waals surface area contributed by atoms with Gasteiger partial charge < -0.3 is 4.74 Å². The second-order valence-electron chi connectivity index (χ2n) is 14.2. The third kappa shape index (κ3) is 6.11. The van der Waals surface area contributed by atoms with Gasteiger partial charge >= 0.3 is 10.3 Å². The quantitative estimate of drug-likeness (QED) is 0.442. The van der Waals surface area contributed by atoms with E-state index in [9.17, 15) is 8.42 Å². The summed E-state index contributed by atoms with van der Waals surface area (Å²) in [5, 5.41) is 2.49. The average molecular weight is 567 g/mol. The summed E-state index contributed by atoms with van der Waals surface area (Å²) in [7, 11) is -3.70. The SMILES string of the molecule is CC1CCC2CC3CCC4C(NNN4CCCCCCOC4CCC5OS(=O)(=O)N(CC5C4)[C@H](C)C1C2)C3C. The van der Waals surface area contributed by atoms with Crippen LogP contribution in [0.25, 0.3) is 0 Å². The minimum Gasteiger partial charge on any atom is -0.378 e. The number of hydrazine groups is 2. The van der Waals surface area contributed by atoms with Crippen LogP contribution < -0.4 is 11.0 Å². The molecule has 4 aliphatic heterocycles. The molecule has 12 unspecified atom stereocenters. The number of nitrogens with one attached hydrogen (secondary N) is 2. The molecule has 4 heterocycles. The van der Waals surface area contributed by atoms with Crippen LogP contribution in [0, 0.1) is 35.5 Å². The largest absolute Gasteiger partial charge is 0.378 e. The molecule has 7 rings (SSSR count). The van der Waals surface area contributed by atoms with Gasteiger partial charge in [0.15, 0.2) is 0 Å². The van der Waals surface area contributed by atoms with Crippen molar-refractivity contribution in [3.63, 3.8) is 0 Å². The lowest BCUT2D eigenvalue weighted by atomic mass is 9.65. The highest BCUT2D eigenvalue weighted by Crippen LogP contribution is 2.46. The van der Waals surface area contributed by atoms with Gasteiger partial charge in [-0.25, -0.2) is 10.4 Å².